The number of rotatable bonds is 5. The average molecular weight is 400 g/mol. The monoisotopic (exact) mass is 399 g/mol. The van der Waals surface area contributed by atoms with Gasteiger partial charge in [-0.3, -0.25) is 4.79 Å². The molecule has 8 heteroatoms. The van der Waals surface area contributed by atoms with Crippen LogP contribution in [0.25, 0.3) is 0 Å². The molecule has 6 nitrogen and oxygen atoms in total. The van der Waals surface area contributed by atoms with Crippen molar-refractivity contribution in [3.8, 4) is 0 Å². The molecule has 3 rings (SSSR count). The molecule has 2 heterocycles. The Morgan fingerprint density at radius 3 is 2.77 bits per heavy atom. The zero-order valence-electron chi connectivity index (χ0n) is 15.2. The highest BCUT2D eigenvalue weighted by Gasteiger charge is 2.34. The summed E-state index contributed by atoms with van der Waals surface area (Å²) < 4.78 is 28.5. The van der Waals surface area contributed by atoms with Crippen LogP contribution in [-0.4, -0.2) is 55.9 Å². The molecule has 0 bridgehead atoms. The van der Waals surface area contributed by atoms with Gasteiger partial charge in [0.25, 0.3) is 5.91 Å². The van der Waals surface area contributed by atoms with Gasteiger partial charge in [0.15, 0.2) is 16.4 Å². The quantitative estimate of drug-likeness (QED) is 0.708. The third kappa shape index (κ3) is 4.28. The third-order valence-corrected chi connectivity index (χ3v) is 8.13. The molecule has 1 aliphatic carbocycles. The van der Waals surface area contributed by atoms with Crippen molar-refractivity contribution in [2.24, 2.45) is 5.92 Å². The van der Waals surface area contributed by atoms with Crippen LogP contribution in [0, 0.1) is 5.92 Å². The summed E-state index contributed by atoms with van der Waals surface area (Å²) in [6.45, 7) is 4.07. The molecule has 2 aliphatic rings. The molecule has 1 fully saturated rings. The molecule has 1 saturated heterocycles. The van der Waals surface area contributed by atoms with Gasteiger partial charge in [0.1, 0.15) is 4.88 Å². The predicted octanol–water partition coefficient (Wildman–Crippen LogP) is 2.07. The Hall–Kier alpha value is -1.41. The fraction of sp³-hybridized carbons (Fsp3) is 0.667. The number of nitrogens with zero attached hydrogens (tertiary/aromatic N) is 1. The van der Waals surface area contributed by atoms with Crippen LogP contribution < -0.4 is 0 Å². The molecule has 1 aromatic heterocycles. The van der Waals surface area contributed by atoms with Crippen LogP contribution >= 0.6 is 11.3 Å². The Balaban J connectivity index is 1.57. The Labute approximate surface area is 158 Å². The number of hydrogen-bond acceptors (Lipinski definition) is 6. The zero-order chi connectivity index (χ0) is 18.9. The van der Waals surface area contributed by atoms with Crippen LogP contribution in [0.4, 0.5) is 0 Å². The molecule has 1 aromatic rings. The van der Waals surface area contributed by atoms with E-state index in [0.29, 0.717) is 23.8 Å². The number of aryl methyl sites for hydroxylation is 1. The first-order chi connectivity index (χ1) is 12.3. The topological polar surface area (TPSA) is 80.8 Å². The number of hydrogen-bond donors (Lipinski definition) is 0. The second-order valence-electron chi connectivity index (χ2n) is 7.22. The first kappa shape index (κ1) is 19.4. The van der Waals surface area contributed by atoms with Gasteiger partial charge in [-0.25, -0.2) is 13.2 Å². The number of thiophene rings is 1. The van der Waals surface area contributed by atoms with Crippen LogP contribution in [-0.2, 0) is 32.2 Å². The van der Waals surface area contributed by atoms with Gasteiger partial charge in [0.05, 0.1) is 11.5 Å². The number of fused-ring (bicyclic) bond motifs is 1. The Kier molecular flexibility index (Phi) is 5.72. The van der Waals surface area contributed by atoms with Crippen molar-refractivity contribution in [1.82, 2.24) is 4.90 Å². The largest absolute Gasteiger partial charge is 0.451 e. The number of esters is 1. The molecule has 26 heavy (non-hydrogen) atoms. The number of carbonyl (C=O) groups excluding carboxylic acids is 2. The van der Waals surface area contributed by atoms with Gasteiger partial charge >= 0.3 is 5.97 Å². The minimum absolute atomic E-state index is 0.00362. The summed E-state index contributed by atoms with van der Waals surface area (Å²) in [5, 5.41) is 0. The van der Waals surface area contributed by atoms with Crippen molar-refractivity contribution in [2.45, 2.75) is 45.6 Å². The summed E-state index contributed by atoms with van der Waals surface area (Å²) in [5.41, 5.74) is 1.22. The first-order valence-corrected chi connectivity index (χ1v) is 11.7. The van der Waals surface area contributed by atoms with Crippen molar-refractivity contribution >= 4 is 33.1 Å². The predicted molar refractivity (Wildman–Crippen MR) is 100 cm³/mol. The van der Waals surface area contributed by atoms with E-state index in [-0.39, 0.29) is 30.1 Å². The van der Waals surface area contributed by atoms with Crippen LogP contribution in [0.1, 0.15) is 46.8 Å². The lowest BCUT2D eigenvalue weighted by molar-refractivity contribution is -0.136. The van der Waals surface area contributed by atoms with E-state index in [2.05, 4.69) is 6.92 Å². The highest BCUT2D eigenvalue weighted by Crippen LogP contribution is 2.32. The fourth-order valence-electron chi connectivity index (χ4n) is 3.75. The minimum Gasteiger partial charge on any atom is -0.451 e. The molecule has 1 aliphatic heterocycles. The SMILES string of the molecule is CCN(C(=O)COC(=O)c1cc2c(s1)CC[C@H](C)C2)[C@@H]1CCS(=O)(=O)C1. The van der Waals surface area contributed by atoms with E-state index in [1.807, 2.05) is 6.07 Å². The van der Waals surface area contributed by atoms with Crippen LogP contribution in [0.5, 0.6) is 0 Å². The Morgan fingerprint density at radius 2 is 2.12 bits per heavy atom. The molecule has 0 saturated carbocycles. The molecule has 0 N–H and O–H groups in total. The maximum atomic E-state index is 12.4. The second kappa shape index (κ2) is 7.68. The van der Waals surface area contributed by atoms with Crippen LogP contribution in [0.3, 0.4) is 0 Å². The third-order valence-electron chi connectivity index (χ3n) is 5.17. The molecular formula is C18H25NO5S2. The molecule has 0 aromatic carbocycles. The molecule has 2 atom stereocenters. The number of ether oxygens (including phenoxy) is 1. The van der Waals surface area contributed by atoms with Gasteiger partial charge in [-0.1, -0.05) is 6.92 Å². The summed E-state index contributed by atoms with van der Waals surface area (Å²) in [6.07, 6.45) is 3.56. The highest BCUT2D eigenvalue weighted by atomic mass is 32.2. The van der Waals surface area contributed by atoms with Crippen molar-refractivity contribution in [1.29, 1.82) is 0 Å². The van der Waals surface area contributed by atoms with E-state index in [0.717, 1.165) is 19.3 Å². The summed E-state index contributed by atoms with van der Waals surface area (Å²) in [4.78, 5) is 28.0. The molecule has 0 unspecified atom stereocenters. The number of amides is 1. The Bertz CT molecular complexity index is 799. The lowest BCUT2D eigenvalue weighted by Crippen LogP contribution is -2.43. The zero-order valence-corrected chi connectivity index (χ0v) is 16.8. The normalized spacial score (nSPS) is 24.1. The van der Waals surface area contributed by atoms with Gasteiger partial charge in [-0.2, -0.15) is 0 Å². The van der Waals surface area contributed by atoms with E-state index in [9.17, 15) is 18.0 Å². The molecule has 144 valence electrons. The summed E-state index contributed by atoms with van der Waals surface area (Å²) in [7, 11) is -3.06. The van der Waals surface area contributed by atoms with Crippen molar-refractivity contribution in [3.63, 3.8) is 0 Å². The summed E-state index contributed by atoms with van der Waals surface area (Å²) in [6, 6.07) is 1.58. The minimum atomic E-state index is -3.06. The van der Waals surface area contributed by atoms with Crippen LogP contribution in [0.2, 0.25) is 0 Å². The maximum Gasteiger partial charge on any atom is 0.348 e. The van der Waals surface area contributed by atoms with Gasteiger partial charge in [-0.15, -0.1) is 11.3 Å². The average Bonchev–Trinajstić information content (AvgIpc) is 3.16. The molecular weight excluding hydrogens is 374 g/mol. The number of sulfone groups is 1. The fourth-order valence-corrected chi connectivity index (χ4v) is 6.58. The molecule has 0 radical (unpaired) electrons. The smallest absolute Gasteiger partial charge is 0.348 e. The van der Waals surface area contributed by atoms with Gasteiger partial charge in [-0.05, 0) is 50.2 Å². The number of carbonyl (C=O) groups is 2. The summed E-state index contributed by atoms with van der Waals surface area (Å²) >= 11 is 1.46. The lowest BCUT2D eigenvalue weighted by atomic mass is 9.90. The first-order valence-electron chi connectivity index (χ1n) is 9.07. The van der Waals surface area contributed by atoms with Crippen LogP contribution in [0.15, 0.2) is 6.07 Å². The van der Waals surface area contributed by atoms with E-state index >= 15 is 0 Å². The van der Waals surface area contributed by atoms with Gasteiger partial charge in [0, 0.05) is 17.5 Å². The standard InChI is InChI=1S/C18H25NO5S2/c1-3-19(14-6-7-26(22,23)11-14)17(20)10-24-18(21)16-9-13-8-12(2)4-5-15(13)25-16/h9,12,14H,3-8,10-11H2,1-2H3/t12-,14+/m0/s1. The van der Waals surface area contributed by atoms with Crippen molar-refractivity contribution < 1.29 is 22.7 Å². The molecule has 1 amide bonds. The number of likely N-dealkylation sites (N-methyl/N-ethyl adjacent to an activating group) is 1. The van der Waals surface area contributed by atoms with Gasteiger partial charge in [0.2, 0.25) is 0 Å². The van der Waals surface area contributed by atoms with Crippen molar-refractivity contribution in [2.75, 3.05) is 24.7 Å². The van der Waals surface area contributed by atoms with Crippen molar-refractivity contribution in [3.05, 3.63) is 21.4 Å². The highest BCUT2D eigenvalue weighted by molar-refractivity contribution is 7.91. The lowest BCUT2D eigenvalue weighted by Gasteiger charge is -2.26. The second-order valence-corrected chi connectivity index (χ2v) is 10.6. The van der Waals surface area contributed by atoms with E-state index in [4.69, 9.17) is 4.74 Å². The maximum absolute atomic E-state index is 12.4. The van der Waals surface area contributed by atoms with E-state index in [1.165, 1.54) is 26.7 Å². The van der Waals surface area contributed by atoms with E-state index in [1.54, 1.807) is 6.92 Å². The molecule has 0 spiro atoms. The Morgan fingerprint density at radius 1 is 1.35 bits per heavy atom. The van der Waals surface area contributed by atoms with Gasteiger partial charge < -0.3 is 9.64 Å². The van der Waals surface area contributed by atoms with E-state index < -0.39 is 15.8 Å². The summed E-state index contributed by atoms with van der Waals surface area (Å²) in [5.74, 6) is -0.0710.